The number of carbonyl (C=O) groups is 2. The van der Waals surface area contributed by atoms with Crippen LogP contribution in [-0.2, 0) is 0 Å². The number of carbonyl (C=O) groups excluding carboxylic acids is 2. The summed E-state index contributed by atoms with van der Waals surface area (Å²) < 4.78 is 5.01. The summed E-state index contributed by atoms with van der Waals surface area (Å²) >= 11 is 0. The summed E-state index contributed by atoms with van der Waals surface area (Å²) in [6.45, 7) is 0. The molecule has 1 aliphatic rings. The topological polar surface area (TPSA) is 47.3 Å². The fourth-order valence-corrected chi connectivity index (χ4v) is 1.92. The zero-order valence-corrected chi connectivity index (χ0v) is 8.84. The lowest BCUT2D eigenvalue weighted by Crippen LogP contribution is -2.14. The van der Waals surface area contributed by atoms with Crippen molar-refractivity contribution in [3.8, 4) is 0 Å². The summed E-state index contributed by atoms with van der Waals surface area (Å²) in [5, 5.41) is 0. The van der Waals surface area contributed by atoms with E-state index in [4.69, 9.17) is 4.42 Å². The minimum Gasteiger partial charge on any atom is -0.460 e. The SMILES string of the molecule is O=C1C(c2ccccc2)=CC(=O)c2occc21. The molecule has 1 aromatic heterocycles. The van der Waals surface area contributed by atoms with Crippen LogP contribution in [0.1, 0.15) is 26.5 Å². The number of ketones is 2. The fraction of sp³-hybridized carbons (Fsp3) is 0. The number of hydrogen-bond donors (Lipinski definition) is 0. The molecular formula is C14H8O3. The molecule has 0 saturated heterocycles. The maximum atomic E-state index is 12.1. The molecule has 0 saturated carbocycles. The second-order valence-corrected chi connectivity index (χ2v) is 3.78. The van der Waals surface area contributed by atoms with Gasteiger partial charge < -0.3 is 4.42 Å². The van der Waals surface area contributed by atoms with Gasteiger partial charge in [0.2, 0.25) is 5.78 Å². The maximum Gasteiger partial charge on any atom is 0.222 e. The summed E-state index contributed by atoms with van der Waals surface area (Å²) in [5.74, 6) is -0.294. The molecule has 0 spiro atoms. The first kappa shape index (κ1) is 9.78. The minimum absolute atomic E-state index is 0.134. The van der Waals surface area contributed by atoms with Crippen molar-refractivity contribution in [1.29, 1.82) is 0 Å². The summed E-state index contributed by atoms with van der Waals surface area (Å²) in [5.41, 5.74) is 1.51. The molecule has 2 aromatic rings. The molecule has 0 radical (unpaired) electrons. The molecule has 0 unspecified atom stereocenters. The van der Waals surface area contributed by atoms with Crippen molar-refractivity contribution in [2.75, 3.05) is 0 Å². The van der Waals surface area contributed by atoms with Gasteiger partial charge in [-0.25, -0.2) is 0 Å². The number of furan rings is 1. The molecule has 3 nitrogen and oxygen atoms in total. The van der Waals surface area contributed by atoms with Crippen LogP contribution in [0, 0.1) is 0 Å². The molecular weight excluding hydrogens is 216 g/mol. The van der Waals surface area contributed by atoms with Gasteiger partial charge in [-0.15, -0.1) is 0 Å². The van der Waals surface area contributed by atoms with Gasteiger partial charge in [0.25, 0.3) is 0 Å². The van der Waals surface area contributed by atoms with Crippen molar-refractivity contribution in [2.24, 2.45) is 0 Å². The van der Waals surface area contributed by atoms with E-state index in [2.05, 4.69) is 0 Å². The van der Waals surface area contributed by atoms with E-state index in [0.29, 0.717) is 11.1 Å². The van der Waals surface area contributed by atoms with Gasteiger partial charge in [0.1, 0.15) is 0 Å². The number of benzene rings is 1. The Balaban J connectivity index is 2.15. The van der Waals surface area contributed by atoms with Crippen LogP contribution in [0.3, 0.4) is 0 Å². The molecule has 0 bridgehead atoms. The Bertz CT molecular complexity index is 632. The van der Waals surface area contributed by atoms with Crippen molar-refractivity contribution in [3.63, 3.8) is 0 Å². The second-order valence-electron chi connectivity index (χ2n) is 3.78. The molecule has 0 amide bonds. The van der Waals surface area contributed by atoms with E-state index in [1.807, 2.05) is 30.3 Å². The molecule has 1 aliphatic carbocycles. The molecule has 1 aromatic carbocycles. The average molecular weight is 224 g/mol. The van der Waals surface area contributed by atoms with Crippen LogP contribution >= 0.6 is 0 Å². The van der Waals surface area contributed by atoms with Gasteiger partial charge in [-0.05, 0) is 11.6 Å². The highest BCUT2D eigenvalue weighted by Crippen LogP contribution is 2.27. The third kappa shape index (κ3) is 1.44. The lowest BCUT2D eigenvalue weighted by Gasteiger charge is -2.10. The van der Waals surface area contributed by atoms with Gasteiger partial charge >= 0.3 is 0 Å². The van der Waals surface area contributed by atoms with E-state index in [1.54, 1.807) is 0 Å². The summed E-state index contributed by atoms with van der Waals surface area (Å²) in [6.07, 6.45) is 2.70. The molecule has 0 fully saturated rings. The van der Waals surface area contributed by atoms with Crippen LogP contribution in [0.15, 0.2) is 53.2 Å². The monoisotopic (exact) mass is 224 g/mol. The van der Waals surface area contributed by atoms with E-state index >= 15 is 0 Å². The third-order valence-electron chi connectivity index (χ3n) is 2.74. The Morgan fingerprint density at radius 1 is 0.941 bits per heavy atom. The number of hydrogen-bond acceptors (Lipinski definition) is 3. The predicted molar refractivity (Wildman–Crippen MR) is 61.8 cm³/mol. The maximum absolute atomic E-state index is 12.1. The molecule has 0 N–H and O–H groups in total. The van der Waals surface area contributed by atoms with E-state index in [9.17, 15) is 9.59 Å². The van der Waals surface area contributed by atoms with Crippen molar-refractivity contribution in [2.45, 2.75) is 0 Å². The Labute approximate surface area is 97.4 Å². The Morgan fingerprint density at radius 2 is 1.71 bits per heavy atom. The Kier molecular flexibility index (Phi) is 2.05. The molecule has 1 heterocycles. The van der Waals surface area contributed by atoms with E-state index in [-0.39, 0.29) is 17.3 Å². The first-order valence-corrected chi connectivity index (χ1v) is 5.21. The highest BCUT2D eigenvalue weighted by atomic mass is 16.3. The fourth-order valence-electron chi connectivity index (χ4n) is 1.92. The van der Waals surface area contributed by atoms with Crippen LogP contribution in [0.2, 0.25) is 0 Å². The highest BCUT2D eigenvalue weighted by Gasteiger charge is 2.28. The molecule has 3 heteroatoms. The van der Waals surface area contributed by atoms with Crippen LogP contribution in [0.4, 0.5) is 0 Å². The lowest BCUT2D eigenvalue weighted by molar-refractivity contribution is 0.0982. The normalized spacial score (nSPS) is 14.5. The number of Topliss-reactive ketones (excluding diaryl/α,β-unsaturated/α-hetero) is 1. The Hall–Kier alpha value is -2.42. The van der Waals surface area contributed by atoms with Gasteiger partial charge in [0.15, 0.2) is 11.5 Å². The number of fused-ring (bicyclic) bond motifs is 1. The zero-order chi connectivity index (χ0) is 11.8. The smallest absolute Gasteiger partial charge is 0.222 e. The van der Waals surface area contributed by atoms with Gasteiger partial charge in [-0.2, -0.15) is 0 Å². The highest BCUT2D eigenvalue weighted by molar-refractivity contribution is 6.38. The molecule has 3 rings (SSSR count). The summed E-state index contributed by atoms with van der Waals surface area (Å²) in [6, 6.07) is 10.7. The molecule has 0 aliphatic heterocycles. The van der Waals surface area contributed by atoms with E-state index in [0.717, 1.165) is 5.56 Å². The van der Waals surface area contributed by atoms with Crippen LogP contribution in [-0.4, -0.2) is 11.6 Å². The first-order chi connectivity index (χ1) is 8.27. The minimum atomic E-state index is -0.261. The van der Waals surface area contributed by atoms with Gasteiger partial charge in [-0.3, -0.25) is 9.59 Å². The van der Waals surface area contributed by atoms with Crippen LogP contribution < -0.4 is 0 Å². The quantitative estimate of drug-likeness (QED) is 0.748. The van der Waals surface area contributed by atoms with Gasteiger partial charge in [-0.1, -0.05) is 30.3 Å². The summed E-state index contributed by atoms with van der Waals surface area (Å²) in [4.78, 5) is 23.9. The van der Waals surface area contributed by atoms with Crippen molar-refractivity contribution in [1.82, 2.24) is 0 Å². The van der Waals surface area contributed by atoms with Gasteiger partial charge in [0, 0.05) is 11.6 Å². The van der Waals surface area contributed by atoms with E-state index < -0.39 is 0 Å². The standard InChI is InChI=1S/C14H8O3/c15-12-8-11(9-4-2-1-3-5-9)13(16)10-6-7-17-14(10)12/h1-8H. The lowest BCUT2D eigenvalue weighted by atomic mass is 9.90. The van der Waals surface area contributed by atoms with Crippen molar-refractivity contribution < 1.29 is 14.0 Å². The molecule has 0 atom stereocenters. The second kappa shape index (κ2) is 3.56. The zero-order valence-electron chi connectivity index (χ0n) is 8.84. The Morgan fingerprint density at radius 3 is 2.47 bits per heavy atom. The average Bonchev–Trinajstić information content (AvgIpc) is 2.85. The largest absolute Gasteiger partial charge is 0.460 e. The van der Waals surface area contributed by atoms with Crippen LogP contribution in [0.5, 0.6) is 0 Å². The molecule has 17 heavy (non-hydrogen) atoms. The van der Waals surface area contributed by atoms with Crippen LogP contribution in [0.25, 0.3) is 5.57 Å². The first-order valence-electron chi connectivity index (χ1n) is 5.21. The third-order valence-corrected chi connectivity index (χ3v) is 2.74. The van der Waals surface area contributed by atoms with Gasteiger partial charge in [0.05, 0.1) is 11.8 Å². The van der Waals surface area contributed by atoms with E-state index in [1.165, 1.54) is 18.4 Å². The number of allylic oxidation sites excluding steroid dienone is 2. The predicted octanol–water partition coefficient (Wildman–Crippen LogP) is 2.74. The number of rotatable bonds is 1. The summed E-state index contributed by atoms with van der Waals surface area (Å²) in [7, 11) is 0. The molecule has 82 valence electrons. The van der Waals surface area contributed by atoms with Crippen molar-refractivity contribution >= 4 is 17.1 Å². The van der Waals surface area contributed by atoms with Crippen molar-refractivity contribution in [3.05, 3.63) is 65.6 Å².